The summed E-state index contributed by atoms with van der Waals surface area (Å²) in [5.74, 6) is -1.33. The molecule has 0 aliphatic heterocycles. The van der Waals surface area contributed by atoms with Crippen LogP contribution in [0, 0.1) is 21.7 Å². The molecule has 0 radical (unpaired) electrons. The number of rotatable bonds is 7. The first-order valence-electron chi connectivity index (χ1n) is 9.12. The van der Waals surface area contributed by atoms with Crippen molar-refractivity contribution in [1.82, 2.24) is 0 Å². The van der Waals surface area contributed by atoms with Crippen LogP contribution in [0.25, 0.3) is 11.1 Å². The SMILES string of the molecule is O=[N+]([O-])c1cc(Br)ccc1Nc1cc(NSC2CC2)cc(-c2ccc(F)cc2F)c1. The zero-order valence-corrected chi connectivity index (χ0v) is 17.9. The van der Waals surface area contributed by atoms with E-state index in [1.54, 1.807) is 42.3 Å². The minimum Gasteiger partial charge on any atom is -0.350 e. The van der Waals surface area contributed by atoms with Gasteiger partial charge >= 0.3 is 0 Å². The molecule has 2 N–H and O–H groups in total. The number of nitrogens with zero attached hydrogens (tertiary/aromatic N) is 1. The summed E-state index contributed by atoms with van der Waals surface area (Å²) in [6, 6.07) is 13.4. The summed E-state index contributed by atoms with van der Waals surface area (Å²) in [5.41, 5.74) is 2.24. The molecule has 0 amide bonds. The third kappa shape index (κ3) is 4.91. The summed E-state index contributed by atoms with van der Waals surface area (Å²) in [5, 5.41) is 15.0. The van der Waals surface area contributed by atoms with Crippen LogP contribution in [-0.2, 0) is 0 Å². The zero-order valence-electron chi connectivity index (χ0n) is 15.5. The molecular weight excluding hydrogens is 476 g/mol. The van der Waals surface area contributed by atoms with E-state index in [2.05, 4.69) is 26.0 Å². The van der Waals surface area contributed by atoms with Crippen LogP contribution in [-0.4, -0.2) is 10.2 Å². The molecule has 4 rings (SSSR count). The van der Waals surface area contributed by atoms with Crippen LogP contribution in [0.15, 0.2) is 59.1 Å². The van der Waals surface area contributed by atoms with E-state index < -0.39 is 16.6 Å². The topological polar surface area (TPSA) is 67.2 Å². The van der Waals surface area contributed by atoms with Crippen molar-refractivity contribution < 1.29 is 13.7 Å². The molecule has 3 aromatic rings. The Hall–Kier alpha value is -2.65. The fourth-order valence-corrected chi connectivity index (χ4v) is 4.03. The molecule has 30 heavy (non-hydrogen) atoms. The lowest BCUT2D eigenvalue weighted by Gasteiger charge is -2.14. The van der Waals surface area contributed by atoms with Gasteiger partial charge in [0.1, 0.15) is 17.3 Å². The van der Waals surface area contributed by atoms with Crippen LogP contribution in [0.1, 0.15) is 12.8 Å². The molecule has 1 saturated carbocycles. The molecule has 154 valence electrons. The second-order valence-electron chi connectivity index (χ2n) is 6.89. The molecule has 3 aromatic carbocycles. The van der Waals surface area contributed by atoms with Crippen molar-refractivity contribution in [2.75, 3.05) is 10.0 Å². The highest BCUT2D eigenvalue weighted by molar-refractivity contribution is 9.10. The lowest BCUT2D eigenvalue weighted by atomic mass is 10.0. The van der Waals surface area contributed by atoms with Gasteiger partial charge in [0.25, 0.3) is 5.69 Å². The Morgan fingerprint density at radius 3 is 2.50 bits per heavy atom. The smallest absolute Gasteiger partial charge is 0.293 e. The molecule has 9 heteroatoms. The monoisotopic (exact) mass is 491 g/mol. The van der Waals surface area contributed by atoms with Crippen LogP contribution in [0.3, 0.4) is 0 Å². The average molecular weight is 492 g/mol. The summed E-state index contributed by atoms with van der Waals surface area (Å²) in [6.07, 6.45) is 2.28. The number of anilines is 3. The Labute approximate surface area is 184 Å². The van der Waals surface area contributed by atoms with E-state index in [0.29, 0.717) is 26.7 Å². The number of hydrogen-bond acceptors (Lipinski definition) is 5. The largest absolute Gasteiger partial charge is 0.350 e. The first-order chi connectivity index (χ1) is 14.4. The number of nitro groups is 1. The third-order valence-corrected chi connectivity index (χ3v) is 6.13. The summed E-state index contributed by atoms with van der Waals surface area (Å²) in [4.78, 5) is 11.0. The average Bonchev–Trinajstić information content (AvgIpc) is 3.52. The van der Waals surface area contributed by atoms with Crippen molar-refractivity contribution >= 4 is 50.6 Å². The van der Waals surface area contributed by atoms with E-state index >= 15 is 0 Å². The van der Waals surface area contributed by atoms with E-state index in [1.807, 2.05) is 0 Å². The summed E-state index contributed by atoms with van der Waals surface area (Å²) in [7, 11) is 0. The van der Waals surface area contributed by atoms with Crippen molar-refractivity contribution in [2.45, 2.75) is 18.1 Å². The summed E-state index contributed by atoms with van der Waals surface area (Å²) >= 11 is 4.83. The fraction of sp³-hybridized carbons (Fsp3) is 0.143. The van der Waals surface area contributed by atoms with E-state index in [-0.39, 0.29) is 11.3 Å². The lowest BCUT2D eigenvalue weighted by Crippen LogP contribution is -1.99. The van der Waals surface area contributed by atoms with Gasteiger partial charge in [0.05, 0.1) is 4.92 Å². The highest BCUT2D eigenvalue weighted by Gasteiger charge is 2.22. The predicted molar refractivity (Wildman–Crippen MR) is 120 cm³/mol. The second kappa shape index (κ2) is 8.61. The Bertz CT molecular complexity index is 1130. The van der Waals surface area contributed by atoms with Gasteiger partial charge in [-0.3, -0.25) is 10.1 Å². The minimum atomic E-state index is -0.678. The minimum absolute atomic E-state index is 0.0930. The molecule has 0 heterocycles. The molecule has 0 unspecified atom stereocenters. The highest BCUT2D eigenvalue weighted by atomic mass is 79.9. The van der Waals surface area contributed by atoms with Gasteiger partial charge in [-0.2, -0.15) is 0 Å². The molecule has 0 saturated heterocycles. The standard InChI is InChI=1S/C21H16BrF2N3O2S/c22-13-1-6-20(21(9-13)27(28)29)25-15-7-12(18-5-2-14(23)10-19(18)24)8-16(11-15)26-30-17-3-4-17/h1-2,5-11,17,25-26H,3-4H2. The van der Waals surface area contributed by atoms with Gasteiger partial charge < -0.3 is 10.0 Å². The normalized spacial score (nSPS) is 13.2. The summed E-state index contributed by atoms with van der Waals surface area (Å²) < 4.78 is 31.6. The Balaban J connectivity index is 1.73. The maximum Gasteiger partial charge on any atom is 0.293 e. The van der Waals surface area contributed by atoms with E-state index in [0.717, 1.165) is 24.6 Å². The first kappa shape index (κ1) is 20.6. The van der Waals surface area contributed by atoms with Crippen LogP contribution >= 0.6 is 27.9 Å². The Morgan fingerprint density at radius 2 is 1.80 bits per heavy atom. The molecular formula is C21H16BrF2N3O2S. The van der Waals surface area contributed by atoms with Gasteiger partial charge in [-0.05, 0) is 72.8 Å². The molecule has 0 bridgehead atoms. The van der Waals surface area contributed by atoms with Gasteiger partial charge in [0.15, 0.2) is 0 Å². The first-order valence-corrected chi connectivity index (χ1v) is 10.8. The van der Waals surface area contributed by atoms with Crippen LogP contribution < -0.4 is 10.0 Å². The molecule has 0 spiro atoms. The van der Waals surface area contributed by atoms with Gasteiger partial charge in [-0.15, -0.1) is 0 Å². The summed E-state index contributed by atoms with van der Waals surface area (Å²) in [6.45, 7) is 0. The van der Waals surface area contributed by atoms with Crippen molar-refractivity contribution in [3.8, 4) is 11.1 Å². The van der Waals surface area contributed by atoms with E-state index in [1.165, 1.54) is 18.2 Å². The second-order valence-corrected chi connectivity index (χ2v) is 8.91. The quantitative estimate of drug-likeness (QED) is 0.206. The number of nitro benzene ring substituents is 1. The van der Waals surface area contributed by atoms with E-state index in [4.69, 9.17) is 0 Å². The predicted octanol–water partition coefficient (Wildman–Crippen LogP) is 7.27. The number of benzene rings is 3. The van der Waals surface area contributed by atoms with Gasteiger partial charge in [-0.25, -0.2) is 8.78 Å². The molecule has 5 nitrogen and oxygen atoms in total. The van der Waals surface area contributed by atoms with Crippen molar-refractivity contribution in [2.24, 2.45) is 0 Å². The van der Waals surface area contributed by atoms with Crippen molar-refractivity contribution in [1.29, 1.82) is 0 Å². The molecule has 1 aliphatic carbocycles. The van der Waals surface area contributed by atoms with Crippen LogP contribution in [0.2, 0.25) is 0 Å². The fourth-order valence-electron chi connectivity index (χ4n) is 2.89. The molecule has 0 atom stereocenters. The van der Waals surface area contributed by atoms with Crippen molar-refractivity contribution in [3.63, 3.8) is 0 Å². The molecule has 1 aliphatic rings. The number of nitrogens with one attached hydrogen (secondary N) is 2. The number of hydrogen-bond donors (Lipinski definition) is 2. The lowest BCUT2D eigenvalue weighted by molar-refractivity contribution is -0.384. The van der Waals surface area contributed by atoms with Crippen molar-refractivity contribution in [3.05, 3.63) is 80.8 Å². The van der Waals surface area contributed by atoms with Crippen LogP contribution in [0.5, 0.6) is 0 Å². The van der Waals surface area contributed by atoms with Gasteiger partial charge in [0, 0.05) is 38.8 Å². The molecule has 1 fully saturated rings. The third-order valence-electron chi connectivity index (χ3n) is 4.48. The Morgan fingerprint density at radius 1 is 1.03 bits per heavy atom. The maximum absolute atomic E-state index is 14.4. The number of halogens is 3. The van der Waals surface area contributed by atoms with E-state index in [9.17, 15) is 18.9 Å². The highest BCUT2D eigenvalue weighted by Crippen LogP contribution is 2.38. The molecule has 0 aromatic heterocycles. The van der Waals surface area contributed by atoms with Crippen LogP contribution in [0.4, 0.5) is 31.5 Å². The zero-order chi connectivity index (χ0) is 21.3. The van der Waals surface area contributed by atoms with Gasteiger partial charge in [0.2, 0.25) is 0 Å². The Kier molecular flexibility index (Phi) is 5.92. The van der Waals surface area contributed by atoms with Gasteiger partial charge in [-0.1, -0.05) is 15.9 Å². The maximum atomic E-state index is 14.4.